The van der Waals surface area contributed by atoms with Crippen LogP contribution in [-0.4, -0.2) is 18.7 Å². The second-order valence-electron chi connectivity index (χ2n) is 4.66. The summed E-state index contributed by atoms with van der Waals surface area (Å²) in [4.78, 5) is 3.83. The van der Waals surface area contributed by atoms with Crippen LogP contribution < -0.4 is 0 Å². The smallest absolute Gasteiger partial charge is 0.422 e. The first-order valence-corrected chi connectivity index (χ1v) is 6.55. The van der Waals surface area contributed by atoms with Crippen LogP contribution in [0.25, 0.3) is 5.57 Å². The van der Waals surface area contributed by atoms with Crippen LogP contribution in [0.3, 0.4) is 0 Å². The first-order chi connectivity index (χ1) is 9.76. The van der Waals surface area contributed by atoms with Gasteiger partial charge in [0.05, 0.1) is 0 Å². The summed E-state index contributed by atoms with van der Waals surface area (Å²) in [5.74, 6) is -0.377. The highest BCUT2D eigenvalue weighted by Crippen LogP contribution is 2.31. The van der Waals surface area contributed by atoms with E-state index in [2.05, 4.69) is 9.73 Å². The highest BCUT2D eigenvalue weighted by molar-refractivity contribution is 6.32. The maximum Gasteiger partial charge on any atom is 0.422 e. The molecule has 1 aromatic rings. The monoisotopic (exact) mass is 321 g/mol. The van der Waals surface area contributed by atoms with Crippen molar-refractivity contribution in [2.24, 2.45) is 4.99 Å². The van der Waals surface area contributed by atoms with Crippen molar-refractivity contribution in [2.45, 2.75) is 25.9 Å². The van der Waals surface area contributed by atoms with Gasteiger partial charge < -0.3 is 4.74 Å². The minimum atomic E-state index is -4.39. The van der Waals surface area contributed by atoms with Crippen molar-refractivity contribution >= 4 is 23.1 Å². The van der Waals surface area contributed by atoms with Crippen molar-refractivity contribution in [3.63, 3.8) is 0 Å². The molecule has 7 heteroatoms. The number of rotatable bonds is 2. The molecule has 0 aliphatic carbocycles. The van der Waals surface area contributed by atoms with Gasteiger partial charge in [0.2, 0.25) is 0 Å². The third-order valence-electron chi connectivity index (χ3n) is 2.97. The maximum absolute atomic E-state index is 13.6. The number of alkyl halides is 3. The molecule has 0 saturated carbocycles. The van der Waals surface area contributed by atoms with E-state index >= 15 is 0 Å². The lowest BCUT2D eigenvalue weighted by Gasteiger charge is -2.16. The minimum absolute atomic E-state index is 0.0137. The van der Waals surface area contributed by atoms with Gasteiger partial charge in [0.25, 0.3) is 0 Å². The minimum Gasteiger partial charge on any atom is -0.471 e. The predicted octanol–water partition coefficient (Wildman–Crippen LogP) is 4.90. The Labute approximate surface area is 124 Å². The molecule has 1 aliphatic rings. The number of aliphatic imine (C=N–C) groups is 1. The Morgan fingerprint density at radius 1 is 1.29 bits per heavy atom. The fraction of sp³-hybridized carbons (Fsp3) is 0.357. The van der Waals surface area contributed by atoms with E-state index < -0.39 is 18.6 Å². The van der Waals surface area contributed by atoms with Crippen LogP contribution in [0, 0.1) is 12.7 Å². The highest BCUT2D eigenvalue weighted by Gasteiger charge is 2.29. The highest BCUT2D eigenvalue weighted by atomic mass is 35.5. The average Bonchev–Trinajstić information content (AvgIpc) is 2.40. The van der Waals surface area contributed by atoms with Crippen LogP contribution in [0.15, 0.2) is 23.3 Å². The molecule has 1 heterocycles. The van der Waals surface area contributed by atoms with E-state index in [1.165, 1.54) is 18.3 Å². The second-order valence-corrected chi connectivity index (χ2v) is 5.07. The summed E-state index contributed by atoms with van der Waals surface area (Å²) in [5.41, 5.74) is 1.59. The topological polar surface area (TPSA) is 21.6 Å². The lowest BCUT2D eigenvalue weighted by atomic mass is 9.99. The molecule has 0 aromatic heterocycles. The number of allylic oxidation sites excluding steroid dienone is 1. The van der Waals surface area contributed by atoms with E-state index in [0.717, 1.165) is 0 Å². The third kappa shape index (κ3) is 4.20. The summed E-state index contributed by atoms with van der Waals surface area (Å²) < 4.78 is 54.2. The zero-order valence-corrected chi connectivity index (χ0v) is 11.9. The molecule has 21 heavy (non-hydrogen) atoms. The van der Waals surface area contributed by atoms with E-state index in [4.69, 9.17) is 11.6 Å². The fourth-order valence-corrected chi connectivity index (χ4v) is 2.23. The third-order valence-corrected chi connectivity index (χ3v) is 3.28. The number of benzene rings is 1. The Bertz CT molecular complexity index is 608. The first-order valence-electron chi connectivity index (χ1n) is 6.17. The largest absolute Gasteiger partial charge is 0.471 e. The molecule has 114 valence electrons. The van der Waals surface area contributed by atoms with Crippen molar-refractivity contribution in [3.8, 4) is 0 Å². The van der Waals surface area contributed by atoms with Crippen molar-refractivity contribution in [1.82, 2.24) is 0 Å². The Kier molecular flexibility index (Phi) is 4.56. The van der Waals surface area contributed by atoms with Gasteiger partial charge in [-0.25, -0.2) is 9.38 Å². The number of hydrogen-bond acceptors (Lipinski definition) is 2. The maximum atomic E-state index is 13.6. The summed E-state index contributed by atoms with van der Waals surface area (Å²) in [5, 5.41) is 0.384. The zero-order valence-electron chi connectivity index (χ0n) is 11.1. The Morgan fingerprint density at radius 2 is 2.00 bits per heavy atom. The molecule has 0 unspecified atom stereocenters. The van der Waals surface area contributed by atoms with Gasteiger partial charge >= 0.3 is 6.18 Å². The molecule has 0 amide bonds. The number of ether oxygens (including phenoxy) is 1. The number of nitrogens with zero attached hydrogens (tertiary/aromatic N) is 1. The first kappa shape index (κ1) is 15.8. The molecule has 1 aromatic carbocycles. The Hall–Kier alpha value is -1.56. The van der Waals surface area contributed by atoms with Gasteiger partial charge in [-0.05, 0) is 36.6 Å². The van der Waals surface area contributed by atoms with E-state index in [1.54, 1.807) is 6.92 Å². The van der Waals surface area contributed by atoms with Crippen LogP contribution in [0.2, 0.25) is 5.02 Å². The van der Waals surface area contributed by atoms with Gasteiger partial charge in [0, 0.05) is 23.2 Å². The Morgan fingerprint density at radius 3 is 2.57 bits per heavy atom. The van der Waals surface area contributed by atoms with Crippen LogP contribution >= 0.6 is 11.6 Å². The summed E-state index contributed by atoms with van der Waals surface area (Å²) in [6.07, 6.45) is -2.42. The van der Waals surface area contributed by atoms with Crippen LogP contribution in [0.4, 0.5) is 17.6 Å². The van der Waals surface area contributed by atoms with Gasteiger partial charge in [-0.1, -0.05) is 11.6 Å². The molecule has 0 N–H and O–H groups in total. The molecule has 0 spiro atoms. The van der Waals surface area contributed by atoms with Crippen molar-refractivity contribution in [3.05, 3.63) is 40.3 Å². The van der Waals surface area contributed by atoms with Gasteiger partial charge in [-0.3, -0.25) is 0 Å². The summed E-state index contributed by atoms with van der Waals surface area (Å²) >= 11 is 6.06. The lowest BCUT2D eigenvalue weighted by molar-refractivity contribution is -0.156. The van der Waals surface area contributed by atoms with Crippen LogP contribution in [-0.2, 0) is 4.74 Å². The lowest BCUT2D eigenvalue weighted by Crippen LogP contribution is -2.21. The molecular formula is C14H12ClF4NO. The molecular weight excluding hydrogens is 310 g/mol. The quantitative estimate of drug-likeness (QED) is 0.710. The molecule has 2 rings (SSSR count). The van der Waals surface area contributed by atoms with E-state index in [-0.39, 0.29) is 12.3 Å². The molecule has 0 radical (unpaired) electrons. The number of hydrogen-bond donors (Lipinski definition) is 0. The van der Waals surface area contributed by atoms with E-state index in [0.29, 0.717) is 28.1 Å². The second kappa shape index (κ2) is 6.05. The van der Waals surface area contributed by atoms with Gasteiger partial charge in [0.1, 0.15) is 5.82 Å². The predicted molar refractivity (Wildman–Crippen MR) is 72.8 cm³/mol. The van der Waals surface area contributed by atoms with Crippen LogP contribution in [0.1, 0.15) is 24.0 Å². The molecule has 0 atom stereocenters. The van der Waals surface area contributed by atoms with Gasteiger partial charge in [-0.2, -0.15) is 13.2 Å². The summed E-state index contributed by atoms with van der Waals surface area (Å²) in [7, 11) is 0. The molecule has 2 nitrogen and oxygen atoms in total. The van der Waals surface area contributed by atoms with Crippen molar-refractivity contribution in [2.75, 3.05) is 6.61 Å². The van der Waals surface area contributed by atoms with Crippen molar-refractivity contribution in [1.29, 1.82) is 0 Å². The van der Waals surface area contributed by atoms with E-state index in [1.807, 2.05) is 0 Å². The van der Waals surface area contributed by atoms with Crippen LogP contribution in [0.5, 0.6) is 0 Å². The van der Waals surface area contributed by atoms with Gasteiger partial charge in [-0.15, -0.1) is 0 Å². The zero-order chi connectivity index (χ0) is 15.6. The van der Waals surface area contributed by atoms with E-state index in [9.17, 15) is 17.6 Å². The normalized spacial score (nSPS) is 15.5. The molecule has 0 fully saturated rings. The molecule has 0 bridgehead atoms. The number of halogens is 5. The van der Waals surface area contributed by atoms with Crippen molar-refractivity contribution < 1.29 is 22.3 Å². The van der Waals surface area contributed by atoms with Gasteiger partial charge in [0.15, 0.2) is 12.5 Å². The SMILES string of the molecule is Cc1cc(Cl)c(C2=CN=C(OCC(F)(F)F)CC2)cc1F. The molecule has 0 saturated heterocycles. The fourth-order valence-electron chi connectivity index (χ4n) is 1.89. The Balaban J connectivity index is 2.15. The summed E-state index contributed by atoms with van der Waals surface area (Å²) in [6.45, 7) is 0.233. The summed E-state index contributed by atoms with van der Waals surface area (Å²) in [6, 6.07) is 2.81. The molecule has 1 aliphatic heterocycles. The standard InChI is InChI=1S/C14H12ClF4NO/c1-8-4-11(15)10(5-12(8)16)9-2-3-13(20-6-9)21-7-14(17,18)19/h4-6H,2-3,7H2,1H3. The number of aryl methyl sites for hydroxylation is 1. The average molecular weight is 322 g/mol.